The summed E-state index contributed by atoms with van der Waals surface area (Å²) in [5, 5.41) is 13.3. The molecule has 6 heteroatoms. The molecule has 2 aromatic rings. The Morgan fingerprint density at radius 2 is 1.90 bits per heavy atom. The highest BCUT2D eigenvalue weighted by Crippen LogP contribution is 2.27. The first-order valence-electron chi connectivity index (χ1n) is 6.25. The second-order valence-corrected chi connectivity index (χ2v) is 4.94. The maximum atomic E-state index is 12.1. The minimum Gasteiger partial charge on any atom is -0.348 e. The minimum atomic E-state index is -0.612. The summed E-state index contributed by atoms with van der Waals surface area (Å²) < 4.78 is 0. The van der Waals surface area contributed by atoms with Crippen molar-refractivity contribution < 1.29 is 9.72 Å². The lowest BCUT2D eigenvalue weighted by atomic mass is 10.1. The van der Waals surface area contributed by atoms with Crippen LogP contribution in [-0.4, -0.2) is 10.8 Å². The van der Waals surface area contributed by atoms with E-state index < -0.39 is 10.8 Å². The molecule has 0 unspecified atom stereocenters. The van der Waals surface area contributed by atoms with Gasteiger partial charge in [0.1, 0.15) is 5.02 Å². The van der Waals surface area contributed by atoms with Gasteiger partial charge in [0, 0.05) is 12.6 Å². The van der Waals surface area contributed by atoms with E-state index in [1.54, 1.807) is 0 Å². The predicted molar refractivity (Wildman–Crippen MR) is 80.5 cm³/mol. The molecule has 0 saturated carbocycles. The fraction of sp³-hybridized carbons (Fsp3) is 0.133. The van der Waals surface area contributed by atoms with Crippen LogP contribution in [0.3, 0.4) is 0 Å². The molecule has 2 rings (SSSR count). The quantitative estimate of drug-likeness (QED) is 0.694. The molecule has 0 radical (unpaired) electrons. The van der Waals surface area contributed by atoms with E-state index in [-0.39, 0.29) is 16.3 Å². The summed E-state index contributed by atoms with van der Waals surface area (Å²) in [7, 11) is 0. The van der Waals surface area contributed by atoms with Gasteiger partial charge in [0.2, 0.25) is 0 Å². The lowest BCUT2D eigenvalue weighted by molar-refractivity contribution is -0.384. The Kier molecular flexibility index (Phi) is 4.55. The molecule has 21 heavy (non-hydrogen) atoms. The van der Waals surface area contributed by atoms with Gasteiger partial charge < -0.3 is 5.32 Å². The lowest BCUT2D eigenvalue weighted by Crippen LogP contribution is -2.23. The number of hydrogen-bond acceptors (Lipinski definition) is 3. The molecule has 1 amide bonds. The van der Waals surface area contributed by atoms with Crippen LogP contribution in [0.15, 0.2) is 42.5 Å². The summed E-state index contributed by atoms with van der Waals surface area (Å²) >= 11 is 5.90. The Morgan fingerprint density at radius 3 is 2.52 bits per heavy atom. The standard InChI is InChI=1S/C15H13ClN2O3/c1-10-5-7-11(8-6-10)9-17-15(19)12-3-2-4-13(14(12)16)18(20)21/h2-8H,9H2,1H3,(H,17,19). The molecule has 0 aliphatic carbocycles. The number of hydrogen-bond donors (Lipinski definition) is 1. The number of nitrogens with zero attached hydrogens (tertiary/aromatic N) is 1. The topological polar surface area (TPSA) is 72.2 Å². The van der Waals surface area contributed by atoms with Gasteiger partial charge in [0.15, 0.2) is 0 Å². The Labute approximate surface area is 126 Å². The fourth-order valence-corrected chi connectivity index (χ4v) is 2.10. The van der Waals surface area contributed by atoms with E-state index in [9.17, 15) is 14.9 Å². The van der Waals surface area contributed by atoms with Crippen LogP contribution in [0.25, 0.3) is 0 Å². The average molecular weight is 305 g/mol. The third kappa shape index (κ3) is 3.58. The molecule has 5 nitrogen and oxygen atoms in total. The van der Waals surface area contributed by atoms with E-state index in [2.05, 4.69) is 5.32 Å². The van der Waals surface area contributed by atoms with Crippen molar-refractivity contribution in [2.24, 2.45) is 0 Å². The van der Waals surface area contributed by atoms with Crippen LogP contribution >= 0.6 is 11.6 Å². The molecule has 1 N–H and O–H groups in total. The van der Waals surface area contributed by atoms with Gasteiger partial charge in [-0.25, -0.2) is 0 Å². The number of nitro groups is 1. The summed E-state index contributed by atoms with van der Waals surface area (Å²) in [6.07, 6.45) is 0. The molecular formula is C15H13ClN2O3. The number of rotatable bonds is 4. The number of aryl methyl sites for hydroxylation is 1. The molecule has 0 saturated heterocycles. The first-order valence-corrected chi connectivity index (χ1v) is 6.63. The van der Waals surface area contributed by atoms with Gasteiger partial charge >= 0.3 is 0 Å². The zero-order valence-corrected chi connectivity index (χ0v) is 12.1. The van der Waals surface area contributed by atoms with E-state index in [4.69, 9.17) is 11.6 Å². The zero-order valence-electron chi connectivity index (χ0n) is 11.3. The molecule has 0 heterocycles. The number of nitro benzene ring substituents is 1. The van der Waals surface area contributed by atoms with E-state index in [1.165, 1.54) is 18.2 Å². The maximum Gasteiger partial charge on any atom is 0.288 e. The van der Waals surface area contributed by atoms with Crippen molar-refractivity contribution in [3.05, 3.63) is 74.3 Å². The maximum absolute atomic E-state index is 12.1. The Balaban J connectivity index is 2.12. The molecule has 0 aromatic heterocycles. The Bertz CT molecular complexity index is 684. The van der Waals surface area contributed by atoms with Gasteiger partial charge in [-0.15, -0.1) is 0 Å². The van der Waals surface area contributed by atoms with Crippen LogP contribution in [0, 0.1) is 17.0 Å². The van der Waals surface area contributed by atoms with Crippen molar-refractivity contribution in [1.29, 1.82) is 0 Å². The van der Waals surface area contributed by atoms with Crippen LogP contribution in [0.2, 0.25) is 5.02 Å². The van der Waals surface area contributed by atoms with Crippen LogP contribution in [0.5, 0.6) is 0 Å². The van der Waals surface area contributed by atoms with Crippen LogP contribution < -0.4 is 5.32 Å². The zero-order chi connectivity index (χ0) is 15.4. The number of halogens is 1. The second-order valence-electron chi connectivity index (χ2n) is 4.56. The second kappa shape index (κ2) is 6.37. The third-order valence-electron chi connectivity index (χ3n) is 2.99. The molecule has 2 aromatic carbocycles. The fourth-order valence-electron chi connectivity index (χ4n) is 1.82. The Hall–Kier alpha value is -2.40. The van der Waals surface area contributed by atoms with Crippen LogP contribution in [0.1, 0.15) is 21.5 Å². The molecule has 108 valence electrons. The molecule has 0 aliphatic heterocycles. The van der Waals surface area contributed by atoms with Gasteiger partial charge in [0.05, 0.1) is 10.5 Å². The molecule has 0 spiro atoms. The van der Waals surface area contributed by atoms with Gasteiger partial charge in [-0.2, -0.15) is 0 Å². The predicted octanol–water partition coefficient (Wildman–Crippen LogP) is 3.49. The van der Waals surface area contributed by atoms with Crippen molar-refractivity contribution in [2.75, 3.05) is 0 Å². The largest absolute Gasteiger partial charge is 0.348 e. The molecule has 0 atom stereocenters. The SMILES string of the molecule is Cc1ccc(CNC(=O)c2cccc([N+](=O)[O-])c2Cl)cc1. The highest BCUT2D eigenvalue weighted by atomic mass is 35.5. The smallest absolute Gasteiger partial charge is 0.288 e. The van der Waals surface area contributed by atoms with Crippen molar-refractivity contribution in [3.8, 4) is 0 Å². The minimum absolute atomic E-state index is 0.0954. The Morgan fingerprint density at radius 1 is 1.24 bits per heavy atom. The average Bonchev–Trinajstić information content (AvgIpc) is 2.46. The van der Waals surface area contributed by atoms with E-state index >= 15 is 0 Å². The number of nitrogens with one attached hydrogen (secondary N) is 1. The van der Waals surface area contributed by atoms with Crippen molar-refractivity contribution in [3.63, 3.8) is 0 Å². The van der Waals surface area contributed by atoms with Gasteiger partial charge in [0.25, 0.3) is 11.6 Å². The molecule has 0 aliphatic rings. The number of carbonyl (C=O) groups is 1. The summed E-state index contributed by atoms with van der Waals surface area (Å²) in [5.41, 5.74) is 1.89. The number of carbonyl (C=O) groups excluding carboxylic acids is 1. The summed E-state index contributed by atoms with van der Waals surface area (Å²) in [4.78, 5) is 22.2. The molecule has 0 fully saturated rings. The van der Waals surface area contributed by atoms with Crippen LogP contribution in [-0.2, 0) is 6.54 Å². The van der Waals surface area contributed by atoms with Gasteiger partial charge in [-0.1, -0.05) is 47.5 Å². The highest BCUT2D eigenvalue weighted by molar-refractivity contribution is 6.35. The normalized spacial score (nSPS) is 10.2. The lowest BCUT2D eigenvalue weighted by Gasteiger charge is -2.07. The third-order valence-corrected chi connectivity index (χ3v) is 3.39. The monoisotopic (exact) mass is 304 g/mol. The first-order chi connectivity index (χ1) is 9.99. The van der Waals surface area contributed by atoms with E-state index in [1.807, 2.05) is 31.2 Å². The van der Waals surface area contributed by atoms with Gasteiger partial charge in [-0.05, 0) is 18.6 Å². The van der Waals surface area contributed by atoms with Crippen molar-refractivity contribution in [1.82, 2.24) is 5.32 Å². The van der Waals surface area contributed by atoms with Crippen molar-refractivity contribution in [2.45, 2.75) is 13.5 Å². The highest BCUT2D eigenvalue weighted by Gasteiger charge is 2.19. The van der Waals surface area contributed by atoms with Crippen LogP contribution in [0.4, 0.5) is 5.69 Å². The number of benzene rings is 2. The summed E-state index contributed by atoms with van der Waals surface area (Å²) in [6, 6.07) is 11.9. The molecule has 0 bridgehead atoms. The van der Waals surface area contributed by atoms with E-state index in [0.29, 0.717) is 6.54 Å². The van der Waals surface area contributed by atoms with Crippen molar-refractivity contribution >= 4 is 23.2 Å². The first kappa shape index (κ1) is 15.0. The van der Waals surface area contributed by atoms with E-state index in [0.717, 1.165) is 11.1 Å². The number of amides is 1. The van der Waals surface area contributed by atoms with Gasteiger partial charge in [-0.3, -0.25) is 14.9 Å². The summed E-state index contributed by atoms with van der Waals surface area (Å²) in [5.74, 6) is -0.440. The summed E-state index contributed by atoms with van der Waals surface area (Å²) in [6.45, 7) is 2.31. The molecular weight excluding hydrogens is 292 g/mol.